The van der Waals surface area contributed by atoms with Gasteiger partial charge in [0.1, 0.15) is 5.76 Å². The van der Waals surface area contributed by atoms with E-state index in [0.29, 0.717) is 6.42 Å². The topological polar surface area (TPSA) is 26.3 Å². The molecule has 2 nitrogen and oxygen atoms in total. The van der Waals surface area contributed by atoms with Crippen molar-refractivity contribution in [1.82, 2.24) is 0 Å². The third-order valence-corrected chi connectivity index (χ3v) is 3.13. The first-order valence-corrected chi connectivity index (χ1v) is 6.63. The van der Waals surface area contributed by atoms with E-state index in [-0.39, 0.29) is 5.97 Å². The molecule has 16 heavy (non-hydrogen) atoms. The smallest absolute Gasteiger partial charge is 0.315 e. The summed E-state index contributed by atoms with van der Waals surface area (Å²) in [6.07, 6.45) is 10.6. The second-order valence-corrected chi connectivity index (χ2v) is 4.73. The average Bonchev–Trinajstić information content (AvgIpc) is 2.56. The third-order valence-electron chi connectivity index (χ3n) is 3.13. The van der Waals surface area contributed by atoms with Gasteiger partial charge >= 0.3 is 5.97 Å². The van der Waals surface area contributed by atoms with Crippen LogP contribution in [0.2, 0.25) is 0 Å². The van der Waals surface area contributed by atoms with Crippen LogP contribution in [0.4, 0.5) is 0 Å². The number of hydrogen-bond donors (Lipinski definition) is 0. The van der Waals surface area contributed by atoms with E-state index < -0.39 is 0 Å². The Morgan fingerprint density at radius 2 is 1.69 bits per heavy atom. The molecule has 0 amide bonds. The largest absolute Gasteiger partial charge is 0.431 e. The fraction of sp³-hybridized carbons (Fsp3) is 0.786. The summed E-state index contributed by atoms with van der Waals surface area (Å²) in [7, 11) is 0. The maximum Gasteiger partial charge on any atom is 0.315 e. The Morgan fingerprint density at radius 1 is 1.06 bits per heavy atom. The first-order valence-electron chi connectivity index (χ1n) is 6.63. The highest BCUT2D eigenvalue weighted by Crippen LogP contribution is 2.24. The molecule has 0 saturated carbocycles. The number of ether oxygens (including phenoxy) is 1. The lowest BCUT2D eigenvalue weighted by Crippen LogP contribution is -1.93. The molecule has 0 spiro atoms. The monoisotopic (exact) mass is 224 g/mol. The lowest BCUT2D eigenvalue weighted by Gasteiger charge is -2.03. The summed E-state index contributed by atoms with van der Waals surface area (Å²) in [4.78, 5) is 11.0. The standard InChI is InChI=1S/C14H24O2/c1-3-4-5-6-7-8-9-10-13-12(2)11-14(15)16-13/h3-11H2,1-2H3. The van der Waals surface area contributed by atoms with Gasteiger partial charge in [-0.3, -0.25) is 4.79 Å². The Labute approximate surface area is 99.1 Å². The van der Waals surface area contributed by atoms with Crippen LogP contribution in [0, 0.1) is 0 Å². The number of allylic oxidation sites excluding steroid dienone is 1. The second kappa shape index (κ2) is 7.48. The Hall–Kier alpha value is -0.790. The van der Waals surface area contributed by atoms with Gasteiger partial charge in [0, 0.05) is 6.42 Å². The van der Waals surface area contributed by atoms with Gasteiger partial charge < -0.3 is 4.74 Å². The summed E-state index contributed by atoms with van der Waals surface area (Å²) in [5, 5.41) is 0. The molecule has 0 N–H and O–H groups in total. The summed E-state index contributed by atoms with van der Waals surface area (Å²) < 4.78 is 5.16. The van der Waals surface area contributed by atoms with Gasteiger partial charge in [0.2, 0.25) is 0 Å². The molecule has 92 valence electrons. The van der Waals surface area contributed by atoms with Crippen LogP contribution in [0.5, 0.6) is 0 Å². The minimum Gasteiger partial charge on any atom is -0.431 e. The molecule has 0 radical (unpaired) electrons. The molecule has 0 unspecified atom stereocenters. The maximum atomic E-state index is 11.0. The van der Waals surface area contributed by atoms with E-state index in [1.54, 1.807) is 0 Å². The van der Waals surface area contributed by atoms with Gasteiger partial charge in [-0.15, -0.1) is 0 Å². The molecule has 0 atom stereocenters. The molecule has 0 bridgehead atoms. The zero-order chi connectivity index (χ0) is 11.8. The predicted molar refractivity (Wildman–Crippen MR) is 66.0 cm³/mol. The second-order valence-electron chi connectivity index (χ2n) is 4.73. The van der Waals surface area contributed by atoms with E-state index in [4.69, 9.17) is 4.74 Å². The molecule has 0 saturated heterocycles. The number of rotatable bonds is 8. The van der Waals surface area contributed by atoms with Gasteiger partial charge in [-0.05, 0) is 18.9 Å². The van der Waals surface area contributed by atoms with Crippen molar-refractivity contribution in [1.29, 1.82) is 0 Å². The number of hydrogen-bond acceptors (Lipinski definition) is 2. The summed E-state index contributed by atoms with van der Waals surface area (Å²) in [5.41, 5.74) is 1.14. The Bertz CT molecular complexity index is 253. The molecule has 0 fully saturated rings. The molecule has 1 aliphatic rings. The van der Waals surface area contributed by atoms with Crippen molar-refractivity contribution in [2.24, 2.45) is 0 Å². The van der Waals surface area contributed by atoms with Crippen molar-refractivity contribution in [2.45, 2.75) is 71.6 Å². The number of esters is 1. The van der Waals surface area contributed by atoms with E-state index in [1.807, 2.05) is 6.92 Å². The van der Waals surface area contributed by atoms with Gasteiger partial charge in [0.25, 0.3) is 0 Å². The van der Waals surface area contributed by atoms with Crippen molar-refractivity contribution >= 4 is 5.97 Å². The quantitative estimate of drug-likeness (QED) is 0.452. The third kappa shape index (κ3) is 4.82. The lowest BCUT2D eigenvalue weighted by atomic mass is 10.1. The molecular weight excluding hydrogens is 200 g/mol. The number of carbonyl (C=O) groups excluding carboxylic acids is 1. The minimum absolute atomic E-state index is 0.0737. The van der Waals surface area contributed by atoms with Crippen molar-refractivity contribution in [3.8, 4) is 0 Å². The molecule has 1 rings (SSSR count). The zero-order valence-electron chi connectivity index (χ0n) is 10.7. The molecule has 1 aliphatic heterocycles. The number of unbranched alkanes of at least 4 members (excludes halogenated alkanes) is 6. The Balaban J connectivity index is 1.99. The van der Waals surface area contributed by atoms with E-state index in [9.17, 15) is 4.79 Å². The molecule has 0 aromatic carbocycles. The summed E-state index contributed by atoms with van der Waals surface area (Å²) >= 11 is 0. The van der Waals surface area contributed by atoms with E-state index in [0.717, 1.165) is 24.2 Å². The first kappa shape index (κ1) is 13.3. The minimum atomic E-state index is -0.0737. The molecule has 1 heterocycles. The van der Waals surface area contributed by atoms with Crippen molar-refractivity contribution < 1.29 is 9.53 Å². The summed E-state index contributed by atoms with van der Waals surface area (Å²) in [6.45, 7) is 4.24. The highest BCUT2D eigenvalue weighted by molar-refractivity contribution is 5.76. The molecule has 0 aromatic heterocycles. The highest BCUT2D eigenvalue weighted by atomic mass is 16.5. The zero-order valence-corrected chi connectivity index (χ0v) is 10.7. The van der Waals surface area contributed by atoms with Gasteiger partial charge in [-0.2, -0.15) is 0 Å². The summed E-state index contributed by atoms with van der Waals surface area (Å²) in [6, 6.07) is 0. The van der Waals surface area contributed by atoms with Crippen LogP contribution in [-0.4, -0.2) is 5.97 Å². The van der Waals surface area contributed by atoms with Gasteiger partial charge in [-0.1, -0.05) is 45.4 Å². The first-order chi connectivity index (χ1) is 7.74. The fourth-order valence-electron chi connectivity index (χ4n) is 2.08. The number of carbonyl (C=O) groups is 1. The van der Waals surface area contributed by atoms with E-state index in [1.165, 1.54) is 38.5 Å². The normalized spacial score (nSPS) is 15.8. The van der Waals surface area contributed by atoms with E-state index in [2.05, 4.69) is 6.92 Å². The van der Waals surface area contributed by atoms with Crippen LogP contribution in [0.1, 0.15) is 71.6 Å². The SMILES string of the molecule is CCCCCCCCCC1=C(C)CC(=O)O1. The lowest BCUT2D eigenvalue weighted by molar-refractivity contribution is -0.136. The molecule has 0 aromatic rings. The van der Waals surface area contributed by atoms with E-state index >= 15 is 0 Å². The van der Waals surface area contributed by atoms with Crippen LogP contribution in [-0.2, 0) is 9.53 Å². The van der Waals surface area contributed by atoms with Crippen molar-refractivity contribution in [2.75, 3.05) is 0 Å². The summed E-state index contributed by atoms with van der Waals surface area (Å²) in [5.74, 6) is 0.869. The van der Waals surface area contributed by atoms with Crippen LogP contribution in [0.15, 0.2) is 11.3 Å². The van der Waals surface area contributed by atoms with Gasteiger partial charge in [0.05, 0.1) is 6.42 Å². The van der Waals surface area contributed by atoms with Gasteiger partial charge in [0.15, 0.2) is 0 Å². The predicted octanol–water partition coefficient (Wildman–Crippen LogP) is 4.35. The Kier molecular flexibility index (Phi) is 6.20. The van der Waals surface area contributed by atoms with Gasteiger partial charge in [-0.25, -0.2) is 0 Å². The average molecular weight is 224 g/mol. The maximum absolute atomic E-state index is 11.0. The molecule has 2 heteroatoms. The van der Waals surface area contributed by atoms with Crippen molar-refractivity contribution in [3.05, 3.63) is 11.3 Å². The fourth-order valence-corrected chi connectivity index (χ4v) is 2.08. The highest BCUT2D eigenvalue weighted by Gasteiger charge is 2.19. The van der Waals surface area contributed by atoms with Crippen molar-refractivity contribution in [3.63, 3.8) is 0 Å². The molecule has 0 aliphatic carbocycles. The Morgan fingerprint density at radius 3 is 2.25 bits per heavy atom. The van der Waals surface area contributed by atoms with Crippen LogP contribution >= 0.6 is 0 Å². The number of cyclic esters (lactones) is 1. The van der Waals surface area contributed by atoms with Crippen LogP contribution in [0.25, 0.3) is 0 Å². The van der Waals surface area contributed by atoms with Crippen LogP contribution in [0.3, 0.4) is 0 Å². The molecular formula is C14H24O2. The van der Waals surface area contributed by atoms with Crippen LogP contribution < -0.4 is 0 Å².